The summed E-state index contributed by atoms with van der Waals surface area (Å²) in [6, 6.07) is 13.9. The summed E-state index contributed by atoms with van der Waals surface area (Å²) in [5, 5.41) is 0. The largest absolute Gasteiger partial charge is 0.425 e. The molecule has 2 aromatic carbocycles. The summed E-state index contributed by atoms with van der Waals surface area (Å²) in [7, 11) is 0. The van der Waals surface area contributed by atoms with Crippen molar-refractivity contribution in [3.8, 4) is 16.9 Å². The molecule has 32 heavy (non-hydrogen) atoms. The van der Waals surface area contributed by atoms with Crippen molar-refractivity contribution < 1.29 is 19.1 Å². The Morgan fingerprint density at radius 1 is 0.906 bits per heavy atom. The number of carbonyl (C=O) groups is 3. The molecule has 1 aliphatic heterocycles. The number of amides is 2. The molecule has 5 aliphatic rings. The van der Waals surface area contributed by atoms with Crippen molar-refractivity contribution in [1.82, 2.24) is 4.90 Å². The Morgan fingerprint density at radius 3 is 2.09 bits per heavy atom. The molecule has 0 N–H and O–H groups in total. The van der Waals surface area contributed by atoms with E-state index in [1.807, 2.05) is 26.0 Å². The maximum absolute atomic E-state index is 13.0. The second kappa shape index (κ2) is 6.89. The number of imide groups is 1. The third-order valence-corrected chi connectivity index (χ3v) is 7.82. The quantitative estimate of drug-likeness (QED) is 0.321. The highest BCUT2D eigenvalue weighted by atomic mass is 16.5. The van der Waals surface area contributed by atoms with Crippen molar-refractivity contribution in [2.45, 2.75) is 20.3 Å². The molecule has 6 unspecified atom stereocenters. The van der Waals surface area contributed by atoms with Crippen molar-refractivity contribution in [3.05, 3.63) is 65.7 Å². The molecule has 2 bridgehead atoms. The van der Waals surface area contributed by atoms with Crippen molar-refractivity contribution in [3.63, 3.8) is 0 Å². The molecule has 5 heteroatoms. The zero-order chi connectivity index (χ0) is 22.1. The number of aryl methyl sites for hydroxylation is 2. The van der Waals surface area contributed by atoms with Gasteiger partial charge in [-0.1, -0.05) is 48.0 Å². The van der Waals surface area contributed by atoms with Crippen LogP contribution in [0.3, 0.4) is 0 Å². The summed E-state index contributed by atoms with van der Waals surface area (Å²) in [6.07, 6.45) is 5.38. The standard InChI is InChI=1S/C27H25NO4/c1-14-3-5-16(6-4-14)17-7-10-22(15(2)11-17)32-23(29)13-28-26(30)24-18-8-9-19(21-12-20(18)21)25(24)27(28)31/h3-11,18-21,24-25H,12-13H2,1-2H3. The Bertz CT molecular complexity index is 1140. The number of hydrogen-bond acceptors (Lipinski definition) is 4. The van der Waals surface area contributed by atoms with Crippen LogP contribution in [-0.4, -0.2) is 29.2 Å². The van der Waals surface area contributed by atoms with Gasteiger partial charge in [0.05, 0.1) is 11.8 Å². The molecule has 0 radical (unpaired) electrons. The number of carbonyl (C=O) groups excluding carboxylic acids is 3. The van der Waals surface area contributed by atoms with Crippen LogP contribution < -0.4 is 4.74 Å². The van der Waals surface area contributed by atoms with Crippen molar-refractivity contribution in [1.29, 1.82) is 0 Å². The number of allylic oxidation sites excluding steroid dienone is 2. The number of esters is 1. The van der Waals surface area contributed by atoms with E-state index in [1.165, 1.54) is 5.56 Å². The van der Waals surface area contributed by atoms with E-state index in [4.69, 9.17) is 4.74 Å². The van der Waals surface area contributed by atoms with Gasteiger partial charge in [0, 0.05) is 0 Å². The van der Waals surface area contributed by atoms with E-state index in [9.17, 15) is 14.4 Å². The molecule has 3 fully saturated rings. The molecule has 1 heterocycles. The van der Waals surface area contributed by atoms with Gasteiger partial charge < -0.3 is 4.74 Å². The van der Waals surface area contributed by atoms with E-state index in [0.717, 1.165) is 28.0 Å². The second-order valence-corrected chi connectivity index (χ2v) is 9.74. The SMILES string of the molecule is Cc1ccc(-c2ccc(OC(=O)CN3C(=O)C4C5C=CC(C6CC56)C4C3=O)c(C)c2)cc1. The highest BCUT2D eigenvalue weighted by Crippen LogP contribution is 2.65. The first kappa shape index (κ1) is 19.5. The predicted molar refractivity (Wildman–Crippen MR) is 118 cm³/mol. The summed E-state index contributed by atoms with van der Waals surface area (Å²) >= 11 is 0. The van der Waals surface area contributed by atoms with Gasteiger partial charge in [-0.25, -0.2) is 4.79 Å². The Balaban J connectivity index is 1.16. The molecule has 5 nitrogen and oxygen atoms in total. The van der Waals surface area contributed by atoms with E-state index in [2.05, 4.69) is 36.4 Å². The minimum Gasteiger partial charge on any atom is -0.425 e. The molecular weight excluding hydrogens is 402 g/mol. The average molecular weight is 428 g/mol. The van der Waals surface area contributed by atoms with Gasteiger partial charge in [0.15, 0.2) is 0 Å². The summed E-state index contributed by atoms with van der Waals surface area (Å²) in [5.41, 5.74) is 4.15. The Labute approximate surface area is 187 Å². The number of ether oxygens (including phenoxy) is 1. The molecule has 162 valence electrons. The van der Waals surface area contributed by atoms with Crippen LogP contribution in [0.15, 0.2) is 54.6 Å². The third-order valence-electron chi connectivity index (χ3n) is 7.82. The number of nitrogens with zero attached hydrogens (tertiary/aromatic N) is 1. The van der Waals surface area contributed by atoms with E-state index < -0.39 is 5.97 Å². The molecule has 1 saturated heterocycles. The molecule has 2 saturated carbocycles. The zero-order valence-electron chi connectivity index (χ0n) is 18.2. The fraction of sp³-hybridized carbons (Fsp3) is 0.370. The normalized spacial score (nSPS) is 31.5. The van der Waals surface area contributed by atoms with Crippen LogP contribution in [-0.2, 0) is 14.4 Å². The van der Waals surface area contributed by atoms with Gasteiger partial charge in [-0.3, -0.25) is 14.5 Å². The van der Waals surface area contributed by atoms with Crippen LogP contribution in [0.1, 0.15) is 17.5 Å². The third kappa shape index (κ3) is 2.87. The Kier molecular flexibility index (Phi) is 4.19. The highest BCUT2D eigenvalue weighted by molar-refractivity contribution is 6.08. The fourth-order valence-corrected chi connectivity index (χ4v) is 6.15. The molecule has 2 amide bonds. The van der Waals surface area contributed by atoms with E-state index in [0.29, 0.717) is 17.6 Å². The van der Waals surface area contributed by atoms with Gasteiger partial charge in [0.2, 0.25) is 11.8 Å². The molecule has 2 aromatic rings. The molecule has 4 aliphatic carbocycles. The summed E-state index contributed by atoms with van der Waals surface area (Å²) < 4.78 is 5.57. The van der Waals surface area contributed by atoms with Gasteiger partial charge in [-0.05, 0) is 72.8 Å². The molecule has 0 spiro atoms. The molecule has 6 atom stereocenters. The van der Waals surface area contributed by atoms with Gasteiger partial charge in [0.1, 0.15) is 12.3 Å². The average Bonchev–Trinajstić information content (AvgIpc) is 3.57. The van der Waals surface area contributed by atoms with Crippen LogP contribution in [0.2, 0.25) is 0 Å². The molecule has 7 rings (SSSR count). The predicted octanol–water partition coefficient (Wildman–Crippen LogP) is 3.93. The maximum Gasteiger partial charge on any atom is 0.331 e. The van der Waals surface area contributed by atoms with E-state index in [1.54, 1.807) is 6.07 Å². The van der Waals surface area contributed by atoms with E-state index in [-0.39, 0.29) is 42.0 Å². The van der Waals surface area contributed by atoms with Gasteiger partial charge >= 0.3 is 5.97 Å². The van der Waals surface area contributed by atoms with Crippen LogP contribution in [0, 0.1) is 49.4 Å². The lowest BCUT2D eigenvalue weighted by Gasteiger charge is -2.37. The number of hydrogen-bond donors (Lipinski definition) is 0. The van der Waals surface area contributed by atoms with Crippen molar-refractivity contribution >= 4 is 17.8 Å². The summed E-state index contributed by atoms with van der Waals surface area (Å²) in [4.78, 5) is 39.9. The first-order valence-corrected chi connectivity index (χ1v) is 11.3. The number of benzene rings is 2. The minimum absolute atomic E-state index is 0.157. The summed E-state index contributed by atoms with van der Waals surface area (Å²) in [5.74, 6) is 0.296. The van der Waals surface area contributed by atoms with Crippen LogP contribution in [0.5, 0.6) is 5.75 Å². The minimum atomic E-state index is -0.581. The molecule has 0 aromatic heterocycles. The second-order valence-electron chi connectivity index (χ2n) is 9.74. The monoisotopic (exact) mass is 427 g/mol. The van der Waals surface area contributed by atoms with Gasteiger partial charge in [-0.2, -0.15) is 0 Å². The lowest BCUT2D eigenvalue weighted by molar-refractivity contribution is -0.148. The maximum atomic E-state index is 13.0. The molecular formula is C27H25NO4. The fourth-order valence-electron chi connectivity index (χ4n) is 6.15. The first-order chi connectivity index (χ1) is 15.4. The number of likely N-dealkylation sites (tertiary alicyclic amines) is 1. The Morgan fingerprint density at radius 2 is 1.50 bits per heavy atom. The van der Waals surface area contributed by atoms with Crippen LogP contribution in [0.4, 0.5) is 0 Å². The zero-order valence-corrected chi connectivity index (χ0v) is 18.2. The lowest BCUT2D eigenvalue weighted by Crippen LogP contribution is -2.40. The number of rotatable bonds is 4. The smallest absolute Gasteiger partial charge is 0.331 e. The van der Waals surface area contributed by atoms with Gasteiger partial charge in [-0.15, -0.1) is 0 Å². The van der Waals surface area contributed by atoms with Crippen molar-refractivity contribution in [2.24, 2.45) is 35.5 Å². The topological polar surface area (TPSA) is 63.7 Å². The Hall–Kier alpha value is -3.21. The van der Waals surface area contributed by atoms with E-state index >= 15 is 0 Å². The lowest BCUT2D eigenvalue weighted by atomic mass is 9.63. The highest BCUT2D eigenvalue weighted by Gasteiger charge is 2.67. The summed E-state index contributed by atoms with van der Waals surface area (Å²) in [6.45, 7) is 3.61. The van der Waals surface area contributed by atoms with Crippen LogP contribution in [0.25, 0.3) is 11.1 Å². The van der Waals surface area contributed by atoms with Crippen LogP contribution >= 0.6 is 0 Å². The first-order valence-electron chi connectivity index (χ1n) is 11.3. The van der Waals surface area contributed by atoms with Gasteiger partial charge in [0.25, 0.3) is 0 Å². The van der Waals surface area contributed by atoms with Crippen molar-refractivity contribution in [2.75, 3.05) is 6.54 Å².